The Balaban J connectivity index is 1.78. The number of rotatable bonds is 6. The molecule has 0 atom stereocenters. The van der Waals surface area contributed by atoms with Gasteiger partial charge in [0.25, 0.3) is 5.91 Å². The van der Waals surface area contributed by atoms with E-state index in [1.165, 1.54) is 24.1 Å². The molecule has 0 N–H and O–H groups in total. The standard InChI is InChI=1S/C21H19F3N2O3S/c1-26(11-14-7-8-16(28-2)10-18(14)29-3)20(27)17-12-30-19(25-17)13-5-4-6-15(9-13)21(22,23)24/h4-10,12H,11H2,1-3H3. The van der Waals surface area contributed by atoms with Crippen molar-refractivity contribution in [1.29, 1.82) is 0 Å². The molecule has 0 fully saturated rings. The highest BCUT2D eigenvalue weighted by molar-refractivity contribution is 7.13. The summed E-state index contributed by atoms with van der Waals surface area (Å²) in [6.07, 6.45) is -4.44. The van der Waals surface area contributed by atoms with E-state index in [1.807, 2.05) is 0 Å². The van der Waals surface area contributed by atoms with Gasteiger partial charge in [0.05, 0.1) is 19.8 Å². The van der Waals surface area contributed by atoms with Crippen molar-refractivity contribution in [3.63, 3.8) is 0 Å². The lowest BCUT2D eigenvalue weighted by Crippen LogP contribution is -2.26. The lowest BCUT2D eigenvalue weighted by atomic mass is 10.1. The van der Waals surface area contributed by atoms with Crippen LogP contribution in [0.2, 0.25) is 0 Å². The van der Waals surface area contributed by atoms with Gasteiger partial charge in [0.2, 0.25) is 0 Å². The van der Waals surface area contributed by atoms with Crippen molar-refractivity contribution >= 4 is 17.2 Å². The molecule has 1 amide bonds. The number of aromatic nitrogens is 1. The predicted octanol–water partition coefficient (Wildman–Crippen LogP) is 5.12. The zero-order chi connectivity index (χ0) is 21.9. The van der Waals surface area contributed by atoms with Gasteiger partial charge in [-0.05, 0) is 24.3 Å². The topological polar surface area (TPSA) is 51.7 Å². The van der Waals surface area contributed by atoms with E-state index < -0.39 is 11.7 Å². The molecule has 3 aromatic rings. The molecule has 0 aliphatic rings. The molecule has 9 heteroatoms. The van der Waals surface area contributed by atoms with Crippen LogP contribution in [0.15, 0.2) is 47.8 Å². The van der Waals surface area contributed by atoms with Crippen LogP contribution in [0, 0.1) is 0 Å². The summed E-state index contributed by atoms with van der Waals surface area (Å²) in [5, 5.41) is 1.89. The van der Waals surface area contributed by atoms with E-state index in [-0.39, 0.29) is 18.1 Å². The summed E-state index contributed by atoms with van der Waals surface area (Å²) in [6.45, 7) is 0.266. The smallest absolute Gasteiger partial charge is 0.416 e. The predicted molar refractivity (Wildman–Crippen MR) is 108 cm³/mol. The van der Waals surface area contributed by atoms with Crippen LogP contribution in [0.5, 0.6) is 11.5 Å². The van der Waals surface area contributed by atoms with Crippen LogP contribution < -0.4 is 9.47 Å². The number of hydrogen-bond acceptors (Lipinski definition) is 5. The highest BCUT2D eigenvalue weighted by Gasteiger charge is 2.30. The molecule has 0 bridgehead atoms. The third kappa shape index (κ3) is 4.73. The minimum atomic E-state index is -4.44. The number of carbonyl (C=O) groups excluding carboxylic acids is 1. The molecule has 0 saturated heterocycles. The van der Waals surface area contributed by atoms with Gasteiger partial charge in [-0.1, -0.05) is 12.1 Å². The van der Waals surface area contributed by atoms with Crippen LogP contribution in [-0.2, 0) is 12.7 Å². The number of carbonyl (C=O) groups is 1. The van der Waals surface area contributed by atoms with E-state index in [0.29, 0.717) is 22.1 Å². The van der Waals surface area contributed by atoms with E-state index in [1.54, 1.807) is 37.7 Å². The van der Waals surface area contributed by atoms with Gasteiger partial charge in [0, 0.05) is 36.2 Å². The van der Waals surface area contributed by atoms with E-state index in [4.69, 9.17) is 9.47 Å². The average molecular weight is 436 g/mol. The molecule has 1 heterocycles. The van der Waals surface area contributed by atoms with Gasteiger partial charge < -0.3 is 14.4 Å². The van der Waals surface area contributed by atoms with Crippen molar-refractivity contribution < 1.29 is 27.4 Å². The number of nitrogens with zero attached hydrogens (tertiary/aromatic N) is 2. The third-order valence-corrected chi connectivity index (χ3v) is 5.30. The van der Waals surface area contributed by atoms with Crippen LogP contribution >= 0.6 is 11.3 Å². The summed E-state index contributed by atoms with van der Waals surface area (Å²) in [4.78, 5) is 18.5. The molecular weight excluding hydrogens is 417 g/mol. The van der Waals surface area contributed by atoms with Crippen LogP contribution in [0.4, 0.5) is 13.2 Å². The van der Waals surface area contributed by atoms with Crippen molar-refractivity contribution in [2.75, 3.05) is 21.3 Å². The van der Waals surface area contributed by atoms with Gasteiger partial charge in [-0.3, -0.25) is 4.79 Å². The first-order valence-corrected chi connectivity index (χ1v) is 9.70. The highest BCUT2D eigenvalue weighted by Crippen LogP contribution is 2.33. The zero-order valence-corrected chi connectivity index (χ0v) is 17.3. The SMILES string of the molecule is COc1ccc(CN(C)C(=O)c2csc(-c3cccc(C(F)(F)F)c3)n2)c(OC)c1. The third-order valence-electron chi connectivity index (χ3n) is 4.41. The number of hydrogen-bond donors (Lipinski definition) is 0. The quantitative estimate of drug-likeness (QED) is 0.538. The van der Waals surface area contributed by atoms with Gasteiger partial charge in [-0.2, -0.15) is 13.2 Å². The maximum Gasteiger partial charge on any atom is 0.416 e. The number of amides is 1. The second-order valence-corrected chi connectivity index (χ2v) is 7.31. The van der Waals surface area contributed by atoms with E-state index in [2.05, 4.69) is 4.98 Å². The zero-order valence-electron chi connectivity index (χ0n) is 16.5. The Morgan fingerprint density at radius 3 is 2.57 bits per heavy atom. The molecule has 1 aromatic heterocycles. The summed E-state index contributed by atoms with van der Waals surface area (Å²) in [6, 6.07) is 10.2. The van der Waals surface area contributed by atoms with E-state index in [0.717, 1.165) is 29.0 Å². The fraction of sp³-hybridized carbons (Fsp3) is 0.238. The van der Waals surface area contributed by atoms with Crippen LogP contribution in [0.3, 0.4) is 0 Å². The van der Waals surface area contributed by atoms with E-state index >= 15 is 0 Å². The molecule has 5 nitrogen and oxygen atoms in total. The molecular formula is C21H19F3N2O3S. The molecule has 2 aromatic carbocycles. The highest BCUT2D eigenvalue weighted by atomic mass is 32.1. The lowest BCUT2D eigenvalue weighted by Gasteiger charge is -2.18. The Bertz CT molecular complexity index is 1050. The van der Waals surface area contributed by atoms with E-state index in [9.17, 15) is 18.0 Å². The number of ether oxygens (including phenoxy) is 2. The molecule has 0 saturated carbocycles. The van der Waals surface area contributed by atoms with Gasteiger partial charge in [0.1, 0.15) is 22.2 Å². The molecule has 0 aliphatic heterocycles. The summed E-state index contributed by atoms with van der Waals surface area (Å²) in [5.74, 6) is 0.870. The Hall–Kier alpha value is -3.07. The first kappa shape index (κ1) is 21.6. The van der Waals surface area contributed by atoms with Crippen LogP contribution in [-0.4, -0.2) is 37.1 Å². The first-order valence-electron chi connectivity index (χ1n) is 8.82. The molecule has 3 rings (SSSR count). The van der Waals surface area contributed by atoms with Crippen molar-refractivity contribution in [1.82, 2.24) is 9.88 Å². The maximum atomic E-state index is 12.9. The summed E-state index contributed by atoms with van der Waals surface area (Å²) < 4.78 is 49.3. The Morgan fingerprint density at radius 1 is 1.13 bits per heavy atom. The maximum absolute atomic E-state index is 12.9. The van der Waals surface area contributed by atoms with Crippen LogP contribution in [0.1, 0.15) is 21.6 Å². The fourth-order valence-electron chi connectivity index (χ4n) is 2.84. The van der Waals surface area contributed by atoms with Crippen molar-refractivity contribution in [3.05, 3.63) is 64.7 Å². The largest absolute Gasteiger partial charge is 0.497 e. The van der Waals surface area contributed by atoms with Crippen molar-refractivity contribution in [2.45, 2.75) is 12.7 Å². The van der Waals surface area contributed by atoms with Gasteiger partial charge in [0.15, 0.2) is 0 Å². The molecule has 158 valence electrons. The number of benzene rings is 2. The Labute approximate surface area is 175 Å². The normalized spacial score (nSPS) is 11.3. The van der Waals surface area contributed by atoms with Crippen molar-refractivity contribution in [2.24, 2.45) is 0 Å². The Kier molecular flexibility index (Phi) is 6.31. The molecule has 0 spiro atoms. The molecule has 30 heavy (non-hydrogen) atoms. The second kappa shape index (κ2) is 8.74. The van der Waals surface area contributed by atoms with Crippen molar-refractivity contribution in [3.8, 4) is 22.1 Å². The minimum Gasteiger partial charge on any atom is -0.497 e. The monoisotopic (exact) mass is 436 g/mol. The molecule has 0 aliphatic carbocycles. The molecule has 0 radical (unpaired) electrons. The lowest BCUT2D eigenvalue weighted by molar-refractivity contribution is -0.137. The second-order valence-electron chi connectivity index (χ2n) is 6.46. The number of thiazole rings is 1. The summed E-state index contributed by atoms with van der Waals surface area (Å²) >= 11 is 1.12. The average Bonchev–Trinajstić information content (AvgIpc) is 3.23. The summed E-state index contributed by atoms with van der Waals surface area (Å²) in [7, 11) is 4.70. The number of halogens is 3. The summed E-state index contributed by atoms with van der Waals surface area (Å²) in [5.41, 5.74) is 0.505. The van der Waals surface area contributed by atoms with Gasteiger partial charge in [-0.15, -0.1) is 11.3 Å². The molecule has 0 unspecified atom stereocenters. The fourth-order valence-corrected chi connectivity index (χ4v) is 3.63. The number of methoxy groups -OCH3 is 2. The first-order chi connectivity index (χ1) is 14.2. The van der Waals surface area contributed by atoms with Gasteiger partial charge in [-0.25, -0.2) is 4.98 Å². The van der Waals surface area contributed by atoms with Crippen LogP contribution in [0.25, 0.3) is 10.6 Å². The Morgan fingerprint density at radius 2 is 1.90 bits per heavy atom. The van der Waals surface area contributed by atoms with Gasteiger partial charge >= 0.3 is 6.18 Å². The number of alkyl halides is 3. The minimum absolute atomic E-state index is 0.169.